The summed E-state index contributed by atoms with van der Waals surface area (Å²) in [4.78, 5) is 2.42. The summed E-state index contributed by atoms with van der Waals surface area (Å²) in [5.41, 5.74) is 22.8. The summed E-state index contributed by atoms with van der Waals surface area (Å²) in [5.74, 6) is 0.813. The molecule has 1 radical (unpaired) electrons. The van der Waals surface area contributed by atoms with Crippen LogP contribution in [0.4, 0.5) is 28.6 Å². The van der Waals surface area contributed by atoms with Gasteiger partial charge < -0.3 is 14.2 Å². The van der Waals surface area contributed by atoms with Crippen LogP contribution in [-0.4, -0.2) is 7.28 Å². The zero-order valence-electron chi connectivity index (χ0n) is 45.7. The Morgan fingerprint density at radius 3 is 1.79 bits per heavy atom. The van der Waals surface area contributed by atoms with E-state index in [9.17, 15) is 0 Å². The summed E-state index contributed by atoms with van der Waals surface area (Å²) in [6.45, 7) is 26.2. The molecular formula is C70H68BN2O2. The summed E-state index contributed by atoms with van der Waals surface area (Å²) in [7, 11) is 2.45. The number of nitrogens with one attached hydrogen (secondary N) is 1. The topological polar surface area (TPSA) is 41.6 Å². The molecule has 0 bridgehead atoms. The maximum atomic E-state index is 7.46. The van der Waals surface area contributed by atoms with E-state index in [1.165, 1.54) is 34.2 Å². The van der Waals surface area contributed by atoms with Gasteiger partial charge in [-0.05, 0) is 168 Å². The fraction of sp³-hybridized carbons (Fsp3) is 0.286. The predicted octanol–water partition coefficient (Wildman–Crippen LogP) is 18.5. The van der Waals surface area contributed by atoms with E-state index in [2.05, 4.69) is 251 Å². The molecule has 75 heavy (non-hydrogen) atoms. The lowest BCUT2D eigenvalue weighted by Gasteiger charge is -2.42. The Labute approximate surface area is 444 Å². The first kappa shape index (κ1) is 47.5. The molecule has 3 heterocycles. The number of nitrogens with zero attached hydrogens (tertiary/aromatic N) is 1. The maximum Gasteiger partial charge on any atom is 0.203 e. The molecule has 0 fully saturated rings. The van der Waals surface area contributed by atoms with Crippen LogP contribution in [-0.2, 0) is 27.1 Å². The van der Waals surface area contributed by atoms with Crippen molar-refractivity contribution in [1.82, 2.24) is 0 Å². The number of rotatable bonds is 6. The van der Waals surface area contributed by atoms with Gasteiger partial charge in [-0.3, -0.25) is 4.90 Å². The normalized spacial score (nSPS) is 17.0. The van der Waals surface area contributed by atoms with Gasteiger partial charge >= 0.3 is 0 Å². The molecule has 10 aromatic rings. The third kappa shape index (κ3) is 7.70. The highest BCUT2D eigenvalue weighted by atomic mass is 16.4. The lowest BCUT2D eigenvalue weighted by Crippen LogP contribution is -2.40. The van der Waals surface area contributed by atoms with Gasteiger partial charge in [0.15, 0.2) is 5.88 Å². The molecule has 1 aliphatic heterocycles. The average molecular weight is 980 g/mol. The van der Waals surface area contributed by atoms with Crippen molar-refractivity contribution in [3.05, 3.63) is 186 Å². The number of hydrogen-bond donors (Lipinski definition) is 1. The first-order chi connectivity index (χ1) is 35.8. The van der Waals surface area contributed by atoms with E-state index in [1.807, 2.05) is 0 Å². The lowest BCUT2D eigenvalue weighted by molar-refractivity contribution is 0.332. The third-order valence-corrected chi connectivity index (χ3v) is 17.8. The number of hydrogen-bond acceptors (Lipinski definition) is 4. The van der Waals surface area contributed by atoms with Crippen LogP contribution in [0, 0.1) is 0 Å². The average Bonchev–Trinajstić information content (AvgIpc) is 3.98. The quantitative estimate of drug-likeness (QED) is 0.169. The van der Waals surface area contributed by atoms with Gasteiger partial charge in [0.25, 0.3) is 0 Å². The minimum Gasteiger partial charge on any atom is -0.456 e. The highest BCUT2D eigenvalue weighted by Crippen LogP contribution is 2.53. The van der Waals surface area contributed by atoms with Gasteiger partial charge in [0, 0.05) is 50.4 Å². The van der Waals surface area contributed by atoms with Crippen molar-refractivity contribution >= 4 is 79.7 Å². The second-order valence-corrected chi connectivity index (χ2v) is 25.7. The number of fused-ring (bicyclic) bond motifs is 9. The number of furan rings is 2. The molecule has 0 atom stereocenters. The van der Waals surface area contributed by atoms with Crippen molar-refractivity contribution in [3.8, 4) is 33.4 Å². The summed E-state index contributed by atoms with van der Waals surface area (Å²) >= 11 is 0. The number of benzene rings is 8. The van der Waals surface area contributed by atoms with E-state index in [0.29, 0.717) is 0 Å². The number of anilines is 5. The van der Waals surface area contributed by atoms with E-state index in [0.717, 1.165) is 125 Å². The lowest BCUT2D eigenvalue weighted by atomic mass is 9.57. The van der Waals surface area contributed by atoms with E-state index in [1.54, 1.807) is 0 Å². The van der Waals surface area contributed by atoms with Gasteiger partial charge in [-0.1, -0.05) is 173 Å². The molecular weight excluding hydrogens is 912 g/mol. The highest BCUT2D eigenvalue weighted by Gasteiger charge is 2.42. The Hall–Kier alpha value is -7.24. The largest absolute Gasteiger partial charge is 0.456 e. The Balaban J connectivity index is 1.14. The zero-order chi connectivity index (χ0) is 52.0. The van der Waals surface area contributed by atoms with Gasteiger partial charge in [-0.2, -0.15) is 0 Å². The van der Waals surface area contributed by atoms with E-state index in [4.69, 9.17) is 8.83 Å². The van der Waals surface area contributed by atoms with Crippen molar-refractivity contribution in [2.24, 2.45) is 0 Å². The summed E-state index contributed by atoms with van der Waals surface area (Å²) in [5, 5.41) is 7.40. The van der Waals surface area contributed by atoms with Gasteiger partial charge in [0.2, 0.25) is 7.28 Å². The van der Waals surface area contributed by atoms with Crippen LogP contribution in [0.15, 0.2) is 167 Å². The minimum atomic E-state index is -0.0797. The molecule has 0 saturated carbocycles. The fourth-order valence-corrected chi connectivity index (χ4v) is 13.0. The van der Waals surface area contributed by atoms with Crippen LogP contribution >= 0.6 is 0 Å². The monoisotopic (exact) mass is 980 g/mol. The van der Waals surface area contributed by atoms with E-state index in [-0.39, 0.29) is 27.1 Å². The maximum absolute atomic E-state index is 7.46. The van der Waals surface area contributed by atoms with Gasteiger partial charge in [0.1, 0.15) is 16.7 Å². The molecule has 8 aromatic carbocycles. The Morgan fingerprint density at radius 2 is 1.09 bits per heavy atom. The van der Waals surface area contributed by atoms with Crippen molar-refractivity contribution in [2.45, 2.75) is 129 Å². The number of para-hydroxylation sites is 1. The summed E-state index contributed by atoms with van der Waals surface area (Å²) < 4.78 is 14.5. The molecule has 1 N–H and O–H groups in total. The fourth-order valence-electron chi connectivity index (χ4n) is 13.0. The smallest absolute Gasteiger partial charge is 0.203 e. The van der Waals surface area contributed by atoms with E-state index >= 15 is 0 Å². The molecule has 373 valence electrons. The summed E-state index contributed by atoms with van der Waals surface area (Å²) in [6.07, 6.45) is 4.57. The van der Waals surface area contributed by atoms with Gasteiger partial charge in [0.05, 0.1) is 5.69 Å². The second-order valence-electron chi connectivity index (χ2n) is 25.7. The minimum absolute atomic E-state index is 0.00581. The van der Waals surface area contributed by atoms with Crippen LogP contribution in [0.3, 0.4) is 0 Å². The molecule has 13 rings (SSSR count). The zero-order valence-corrected chi connectivity index (χ0v) is 45.7. The molecule has 0 saturated heterocycles. The molecule has 3 aliphatic rings. The summed E-state index contributed by atoms with van der Waals surface area (Å²) in [6, 6.07) is 58.6. The van der Waals surface area contributed by atoms with E-state index < -0.39 is 0 Å². The Bertz CT molecular complexity index is 3940. The first-order valence-corrected chi connectivity index (χ1v) is 27.3. The molecule has 0 spiro atoms. The van der Waals surface area contributed by atoms with Crippen LogP contribution < -0.4 is 21.1 Å². The van der Waals surface area contributed by atoms with Crippen molar-refractivity contribution in [2.75, 3.05) is 10.2 Å². The predicted molar refractivity (Wildman–Crippen MR) is 319 cm³/mol. The molecule has 2 aliphatic carbocycles. The molecule has 5 heteroatoms. The first-order valence-electron chi connectivity index (χ1n) is 27.3. The van der Waals surface area contributed by atoms with Gasteiger partial charge in [-0.25, -0.2) is 0 Å². The van der Waals surface area contributed by atoms with Crippen LogP contribution in [0.2, 0.25) is 0 Å². The third-order valence-electron chi connectivity index (χ3n) is 17.8. The molecule has 4 nitrogen and oxygen atoms in total. The van der Waals surface area contributed by atoms with Crippen LogP contribution in [0.25, 0.3) is 66.3 Å². The van der Waals surface area contributed by atoms with Crippen molar-refractivity contribution in [1.29, 1.82) is 0 Å². The SMILES string of the molecule is CC(C)(C)c1ccc(N2c3cc4oc5ccccc5c4c(-c4cc(-c5ccccc5)ccc4Nc4ccc5c(c4)C(C)(C)CCC5(C)C)c3[B]c3c2oc2cc4c(cc32)C(C)(C)CCC4(C)C)c(-c2ccccc2)c1. The van der Waals surface area contributed by atoms with Gasteiger partial charge in [-0.15, -0.1) is 0 Å². The Kier molecular flexibility index (Phi) is 10.5. The Morgan fingerprint density at radius 1 is 0.467 bits per heavy atom. The molecule has 2 aromatic heterocycles. The second kappa shape index (κ2) is 16.6. The highest BCUT2D eigenvalue weighted by molar-refractivity contribution is 6.76. The van der Waals surface area contributed by atoms with Crippen LogP contribution in [0.1, 0.15) is 130 Å². The van der Waals surface area contributed by atoms with Crippen molar-refractivity contribution in [3.63, 3.8) is 0 Å². The molecule has 0 amide bonds. The van der Waals surface area contributed by atoms with Crippen LogP contribution in [0.5, 0.6) is 0 Å². The van der Waals surface area contributed by atoms with Crippen molar-refractivity contribution < 1.29 is 8.83 Å². The molecule has 0 unspecified atom stereocenters. The standard InChI is InChI=1S/C70H68BN2O2/c1-66(2,3)45-27-31-56(48(37-45)43-22-16-13-17-23-43)73-57-41-60-61(47-24-18-19-25-58(47)74-60)62(64(57)71-63-50-39-53-54(40-59(50)75-65(63)73)70(10,11)35-34-69(53,8)9)49-36-44(42-20-14-12-15-21-42)26-30-55(49)72-46-28-29-51-52(38-46)68(6,7)33-32-67(51,4)5/h12-31,36-41,72H,32-35H2,1-11H3.